The highest BCUT2D eigenvalue weighted by Gasteiger charge is 2.42. The fourth-order valence-corrected chi connectivity index (χ4v) is 2.07. The molecule has 0 heterocycles. The second-order valence-electron chi connectivity index (χ2n) is 4.36. The van der Waals surface area contributed by atoms with Gasteiger partial charge >= 0.3 is 0 Å². The summed E-state index contributed by atoms with van der Waals surface area (Å²) in [5.41, 5.74) is -1.01. The molecule has 14 heavy (non-hydrogen) atoms. The molecule has 4 heteroatoms. The van der Waals surface area contributed by atoms with E-state index < -0.39 is 23.9 Å². The fraction of sp³-hybridized carbons (Fsp3) is 1.00. The lowest BCUT2D eigenvalue weighted by atomic mass is 9.77. The Balaban J connectivity index is 2.54. The van der Waals surface area contributed by atoms with Gasteiger partial charge in [-0.05, 0) is 6.42 Å². The van der Waals surface area contributed by atoms with E-state index in [0.29, 0.717) is 6.42 Å². The lowest BCUT2D eigenvalue weighted by Gasteiger charge is -2.40. The monoisotopic (exact) mass is 204 g/mol. The molecule has 1 saturated carbocycles. The summed E-state index contributed by atoms with van der Waals surface area (Å²) in [4.78, 5) is 0. The van der Waals surface area contributed by atoms with Crippen molar-refractivity contribution in [3.8, 4) is 0 Å². The molecule has 0 aromatic carbocycles. The van der Waals surface area contributed by atoms with Crippen LogP contribution in [0.15, 0.2) is 0 Å². The summed E-state index contributed by atoms with van der Waals surface area (Å²) in [5, 5.41) is 38.1. The zero-order chi connectivity index (χ0) is 10.8. The third-order valence-electron chi connectivity index (χ3n) is 2.96. The minimum Gasteiger partial charge on any atom is -0.390 e. The minimum atomic E-state index is -1.11. The summed E-state index contributed by atoms with van der Waals surface area (Å²) in [6.45, 7) is 2.02. The first kappa shape index (κ1) is 11.9. The van der Waals surface area contributed by atoms with Crippen LogP contribution in [-0.4, -0.2) is 44.3 Å². The van der Waals surface area contributed by atoms with Gasteiger partial charge in [0.1, 0.15) is 6.10 Å². The van der Waals surface area contributed by atoms with Crippen LogP contribution in [0, 0.1) is 0 Å². The Morgan fingerprint density at radius 1 is 1.14 bits per heavy atom. The summed E-state index contributed by atoms with van der Waals surface area (Å²) in [6, 6.07) is 0. The number of unbranched alkanes of at least 4 members (excludes halogenated alkanes) is 1. The van der Waals surface area contributed by atoms with Gasteiger partial charge in [-0.2, -0.15) is 0 Å². The van der Waals surface area contributed by atoms with Gasteiger partial charge in [0.25, 0.3) is 0 Å². The van der Waals surface area contributed by atoms with Crippen LogP contribution in [0.25, 0.3) is 0 Å². The zero-order valence-corrected chi connectivity index (χ0v) is 8.56. The Morgan fingerprint density at radius 2 is 1.64 bits per heavy atom. The minimum absolute atomic E-state index is 0.158. The van der Waals surface area contributed by atoms with Crippen molar-refractivity contribution in [1.29, 1.82) is 0 Å². The molecule has 84 valence electrons. The molecular formula is C10H20O4. The van der Waals surface area contributed by atoms with Gasteiger partial charge in [0.05, 0.1) is 17.8 Å². The van der Waals surface area contributed by atoms with Crippen LogP contribution >= 0.6 is 0 Å². The Bertz CT molecular complexity index is 171. The standard InChI is InChI=1S/C10H20O4/c1-2-3-4-10(14)5-7(11)9(13)8(12)6-10/h7-9,11-14H,2-6H2,1H3/t7-,8+,9?,10?. The second-order valence-corrected chi connectivity index (χ2v) is 4.36. The van der Waals surface area contributed by atoms with E-state index in [4.69, 9.17) is 0 Å². The van der Waals surface area contributed by atoms with Crippen LogP contribution in [0.1, 0.15) is 39.0 Å². The maximum atomic E-state index is 10.0. The Hall–Kier alpha value is -0.160. The molecule has 4 N–H and O–H groups in total. The first-order valence-electron chi connectivity index (χ1n) is 5.25. The highest BCUT2D eigenvalue weighted by molar-refractivity contribution is 4.95. The van der Waals surface area contributed by atoms with Gasteiger partial charge in [-0.1, -0.05) is 19.8 Å². The molecule has 1 aliphatic carbocycles. The summed E-state index contributed by atoms with van der Waals surface area (Å²) in [6.07, 6.45) is -0.415. The van der Waals surface area contributed by atoms with E-state index in [1.165, 1.54) is 0 Å². The lowest BCUT2D eigenvalue weighted by molar-refractivity contribution is -0.156. The third-order valence-corrected chi connectivity index (χ3v) is 2.96. The van der Waals surface area contributed by atoms with Gasteiger partial charge in [0, 0.05) is 12.8 Å². The number of aliphatic hydroxyl groups excluding tert-OH is 3. The first-order valence-corrected chi connectivity index (χ1v) is 5.25. The van der Waals surface area contributed by atoms with E-state index >= 15 is 0 Å². The van der Waals surface area contributed by atoms with E-state index in [0.717, 1.165) is 12.8 Å². The molecule has 0 bridgehead atoms. The number of hydrogen-bond acceptors (Lipinski definition) is 4. The first-order chi connectivity index (χ1) is 6.48. The van der Waals surface area contributed by atoms with Crippen molar-refractivity contribution in [2.45, 2.75) is 62.9 Å². The SMILES string of the molecule is CCCCC1(O)C[C@@H](O)C(O)[C@@H](O)C1. The highest BCUT2D eigenvalue weighted by Crippen LogP contribution is 2.32. The largest absolute Gasteiger partial charge is 0.390 e. The topological polar surface area (TPSA) is 80.9 Å². The Morgan fingerprint density at radius 3 is 2.07 bits per heavy atom. The average molecular weight is 204 g/mol. The number of hydrogen-bond donors (Lipinski definition) is 4. The molecule has 2 unspecified atom stereocenters. The quantitative estimate of drug-likeness (QED) is 0.512. The molecule has 0 aromatic heterocycles. The Kier molecular flexibility index (Phi) is 3.89. The van der Waals surface area contributed by atoms with Crippen LogP contribution in [0.3, 0.4) is 0 Å². The van der Waals surface area contributed by atoms with E-state index in [1.807, 2.05) is 6.92 Å². The average Bonchev–Trinajstić information content (AvgIpc) is 2.11. The summed E-state index contributed by atoms with van der Waals surface area (Å²) >= 11 is 0. The fourth-order valence-electron chi connectivity index (χ4n) is 2.07. The highest BCUT2D eigenvalue weighted by atomic mass is 16.4. The van der Waals surface area contributed by atoms with Gasteiger partial charge in [-0.3, -0.25) is 0 Å². The van der Waals surface area contributed by atoms with Crippen LogP contribution < -0.4 is 0 Å². The van der Waals surface area contributed by atoms with E-state index in [2.05, 4.69) is 0 Å². The normalized spacial score (nSPS) is 43.9. The molecule has 1 rings (SSSR count). The number of aliphatic hydroxyl groups is 4. The van der Waals surface area contributed by atoms with Gasteiger partial charge in [-0.25, -0.2) is 0 Å². The molecular weight excluding hydrogens is 184 g/mol. The summed E-state index contributed by atoms with van der Waals surface area (Å²) in [5.74, 6) is 0. The van der Waals surface area contributed by atoms with Crippen molar-refractivity contribution in [3.05, 3.63) is 0 Å². The second kappa shape index (κ2) is 4.57. The van der Waals surface area contributed by atoms with Gasteiger partial charge in [0.15, 0.2) is 0 Å². The van der Waals surface area contributed by atoms with Crippen molar-refractivity contribution in [2.24, 2.45) is 0 Å². The molecule has 4 atom stereocenters. The van der Waals surface area contributed by atoms with Crippen LogP contribution in [0.4, 0.5) is 0 Å². The maximum absolute atomic E-state index is 10.0. The van der Waals surface area contributed by atoms with E-state index in [9.17, 15) is 20.4 Å². The summed E-state index contributed by atoms with van der Waals surface area (Å²) in [7, 11) is 0. The third kappa shape index (κ3) is 2.67. The molecule has 0 spiro atoms. The van der Waals surface area contributed by atoms with E-state index in [1.54, 1.807) is 0 Å². The van der Waals surface area contributed by atoms with Crippen molar-refractivity contribution >= 4 is 0 Å². The molecule has 0 aliphatic heterocycles. The van der Waals surface area contributed by atoms with Crippen molar-refractivity contribution in [2.75, 3.05) is 0 Å². The van der Waals surface area contributed by atoms with E-state index in [-0.39, 0.29) is 12.8 Å². The molecule has 0 saturated heterocycles. The van der Waals surface area contributed by atoms with Crippen molar-refractivity contribution in [1.82, 2.24) is 0 Å². The molecule has 1 fully saturated rings. The predicted octanol–water partition coefficient (Wildman–Crippen LogP) is -0.216. The van der Waals surface area contributed by atoms with Crippen LogP contribution in [0.5, 0.6) is 0 Å². The summed E-state index contributed by atoms with van der Waals surface area (Å²) < 4.78 is 0. The van der Waals surface area contributed by atoms with Crippen molar-refractivity contribution < 1.29 is 20.4 Å². The van der Waals surface area contributed by atoms with Crippen LogP contribution in [-0.2, 0) is 0 Å². The molecule has 4 nitrogen and oxygen atoms in total. The molecule has 0 aromatic rings. The zero-order valence-electron chi connectivity index (χ0n) is 8.56. The smallest absolute Gasteiger partial charge is 0.106 e. The van der Waals surface area contributed by atoms with Gasteiger partial charge in [0.2, 0.25) is 0 Å². The maximum Gasteiger partial charge on any atom is 0.106 e. The van der Waals surface area contributed by atoms with Gasteiger partial charge < -0.3 is 20.4 Å². The molecule has 1 aliphatic rings. The number of rotatable bonds is 3. The predicted molar refractivity (Wildman–Crippen MR) is 51.7 cm³/mol. The Labute approximate surface area is 84.2 Å². The lowest BCUT2D eigenvalue weighted by Crippen LogP contribution is -2.52. The molecule has 0 radical (unpaired) electrons. The van der Waals surface area contributed by atoms with Crippen molar-refractivity contribution in [3.63, 3.8) is 0 Å². The van der Waals surface area contributed by atoms with Crippen LogP contribution in [0.2, 0.25) is 0 Å². The van der Waals surface area contributed by atoms with Gasteiger partial charge in [-0.15, -0.1) is 0 Å². The molecule has 0 amide bonds.